The van der Waals surface area contributed by atoms with E-state index in [1.54, 1.807) is 0 Å². The molecule has 0 aliphatic rings. The normalized spacial score (nSPS) is 9.70. The van der Waals surface area contributed by atoms with E-state index in [-0.39, 0.29) is 0 Å². The van der Waals surface area contributed by atoms with Crippen LogP contribution in [0.1, 0.15) is 76.1 Å². The standard InChI is InChI=1S/3C9H13N/c1-2-3-6-9-7-4-5-8-10-9;1-2-3-5-9-6-4-7-10-8-9;1-2-3-4-9-5-7-10-8-6-9/h4-5,7-8H,2-3,6H2,1H3;4,6-8H,2-3,5H2,1H3;5-8H,2-4H2,1H3. The predicted molar refractivity (Wildman–Crippen MR) is 129 cm³/mol. The van der Waals surface area contributed by atoms with Gasteiger partial charge in [0.2, 0.25) is 0 Å². The molecule has 0 amide bonds. The summed E-state index contributed by atoms with van der Waals surface area (Å²) in [5.74, 6) is 0. The number of rotatable bonds is 9. The van der Waals surface area contributed by atoms with Gasteiger partial charge < -0.3 is 0 Å². The highest BCUT2D eigenvalue weighted by atomic mass is 14.7. The maximum atomic E-state index is 4.22. The van der Waals surface area contributed by atoms with Crippen LogP contribution in [0.25, 0.3) is 0 Å². The molecule has 0 aliphatic carbocycles. The highest BCUT2D eigenvalue weighted by Crippen LogP contribution is 2.02. The van der Waals surface area contributed by atoms with Crippen LogP contribution in [0.15, 0.2) is 73.4 Å². The Morgan fingerprint density at radius 3 is 1.80 bits per heavy atom. The average molecular weight is 406 g/mol. The Hall–Kier alpha value is -2.55. The van der Waals surface area contributed by atoms with Crippen LogP contribution >= 0.6 is 0 Å². The van der Waals surface area contributed by atoms with Crippen LogP contribution in [0, 0.1) is 0 Å². The van der Waals surface area contributed by atoms with Crippen molar-refractivity contribution in [2.75, 3.05) is 0 Å². The summed E-state index contributed by atoms with van der Waals surface area (Å²) in [5.41, 5.74) is 3.96. The number of nitrogens with zero attached hydrogens (tertiary/aromatic N) is 3. The second-order valence-electron chi connectivity index (χ2n) is 7.35. The van der Waals surface area contributed by atoms with Gasteiger partial charge in [0.25, 0.3) is 0 Å². The third-order valence-corrected chi connectivity index (χ3v) is 4.62. The van der Waals surface area contributed by atoms with Crippen molar-refractivity contribution in [2.45, 2.75) is 78.6 Å². The van der Waals surface area contributed by atoms with Crippen molar-refractivity contribution in [3.05, 3.63) is 90.3 Å². The van der Waals surface area contributed by atoms with Crippen molar-refractivity contribution < 1.29 is 0 Å². The fraction of sp³-hybridized carbons (Fsp3) is 0.444. The van der Waals surface area contributed by atoms with Crippen molar-refractivity contribution in [3.8, 4) is 0 Å². The van der Waals surface area contributed by atoms with E-state index in [4.69, 9.17) is 0 Å². The van der Waals surface area contributed by atoms with Crippen LogP contribution in [0.3, 0.4) is 0 Å². The van der Waals surface area contributed by atoms with Crippen molar-refractivity contribution in [3.63, 3.8) is 0 Å². The largest absolute Gasteiger partial charge is 0.265 e. The van der Waals surface area contributed by atoms with Crippen LogP contribution in [0.2, 0.25) is 0 Å². The van der Waals surface area contributed by atoms with Crippen LogP contribution in [-0.4, -0.2) is 15.0 Å². The van der Waals surface area contributed by atoms with E-state index in [0.29, 0.717) is 0 Å². The summed E-state index contributed by atoms with van der Waals surface area (Å²) in [5, 5.41) is 0. The monoisotopic (exact) mass is 405 g/mol. The molecule has 3 nitrogen and oxygen atoms in total. The SMILES string of the molecule is CCCCc1ccccn1.CCCCc1cccnc1.CCCCc1ccncc1. The molecule has 3 aromatic rings. The van der Waals surface area contributed by atoms with Gasteiger partial charge in [0, 0.05) is 36.7 Å². The molecule has 3 rings (SSSR count). The van der Waals surface area contributed by atoms with Gasteiger partial charge in [-0.1, -0.05) is 52.2 Å². The van der Waals surface area contributed by atoms with Gasteiger partial charge in [-0.25, -0.2) is 0 Å². The summed E-state index contributed by atoms with van der Waals surface area (Å²) in [4.78, 5) is 12.2. The summed E-state index contributed by atoms with van der Waals surface area (Å²) in [6.45, 7) is 6.61. The minimum absolute atomic E-state index is 1.12. The summed E-state index contributed by atoms with van der Waals surface area (Å²) < 4.78 is 0. The first-order valence-corrected chi connectivity index (χ1v) is 11.5. The Kier molecular flexibility index (Phi) is 15.7. The number of hydrogen-bond acceptors (Lipinski definition) is 3. The van der Waals surface area contributed by atoms with Crippen LogP contribution < -0.4 is 0 Å². The van der Waals surface area contributed by atoms with Crippen LogP contribution in [0.5, 0.6) is 0 Å². The quantitative estimate of drug-likeness (QED) is 0.375. The minimum Gasteiger partial charge on any atom is -0.265 e. The lowest BCUT2D eigenvalue weighted by Gasteiger charge is -1.95. The molecule has 162 valence electrons. The zero-order valence-corrected chi connectivity index (χ0v) is 19.1. The number of pyridine rings is 3. The lowest BCUT2D eigenvalue weighted by molar-refractivity contribution is 0.777. The van der Waals surface area contributed by atoms with Crippen LogP contribution in [-0.2, 0) is 19.3 Å². The maximum Gasteiger partial charge on any atom is 0.0403 e. The zero-order valence-electron chi connectivity index (χ0n) is 19.1. The third kappa shape index (κ3) is 13.6. The molecule has 0 unspecified atom stereocenters. The van der Waals surface area contributed by atoms with Crippen LogP contribution in [0.4, 0.5) is 0 Å². The predicted octanol–water partition coefficient (Wildman–Crippen LogP) is 7.27. The van der Waals surface area contributed by atoms with Crippen molar-refractivity contribution in [1.82, 2.24) is 15.0 Å². The van der Waals surface area contributed by atoms with E-state index in [0.717, 1.165) is 6.42 Å². The smallest absolute Gasteiger partial charge is 0.0403 e. The van der Waals surface area contributed by atoms with E-state index in [1.807, 2.05) is 49.2 Å². The molecule has 0 saturated heterocycles. The van der Waals surface area contributed by atoms with Crippen molar-refractivity contribution in [2.24, 2.45) is 0 Å². The van der Waals surface area contributed by atoms with E-state index in [1.165, 1.54) is 68.2 Å². The Morgan fingerprint density at radius 2 is 1.23 bits per heavy atom. The van der Waals surface area contributed by atoms with Gasteiger partial charge in [-0.15, -0.1) is 0 Å². The number of aromatic nitrogens is 3. The fourth-order valence-corrected chi connectivity index (χ4v) is 2.76. The van der Waals surface area contributed by atoms with Gasteiger partial charge in [0.1, 0.15) is 0 Å². The molecular weight excluding hydrogens is 366 g/mol. The molecule has 0 N–H and O–H groups in total. The molecule has 30 heavy (non-hydrogen) atoms. The molecule has 0 radical (unpaired) electrons. The molecule has 0 spiro atoms. The Balaban J connectivity index is 0.000000225. The Morgan fingerprint density at radius 1 is 0.567 bits per heavy atom. The van der Waals surface area contributed by atoms with Gasteiger partial charge in [0.15, 0.2) is 0 Å². The molecule has 3 aromatic heterocycles. The van der Waals surface area contributed by atoms with E-state index >= 15 is 0 Å². The molecule has 0 aliphatic heterocycles. The van der Waals surface area contributed by atoms with Gasteiger partial charge >= 0.3 is 0 Å². The molecule has 3 heteroatoms. The van der Waals surface area contributed by atoms with Gasteiger partial charge in [-0.3, -0.25) is 15.0 Å². The topological polar surface area (TPSA) is 38.7 Å². The first-order valence-electron chi connectivity index (χ1n) is 11.5. The van der Waals surface area contributed by atoms with E-state index in [2.05, 4.69) is 60.0 Å². The lowest BCUT2D eigenvalue weighted by Crippen LogP contribution is -1.86. The summed E-state index contributed by atoms with van der Waals surface area (Å²) in [6, 6.07) is 14.3. The lowest BCUT2D eigenvalue weighted by atomic mass is 10.1. The first kappa shape index (κ1) is 25.5. The number of aryl methyl sites for hydroxylation is 3. The van der Waals surface area contributed by atoms with Gasteiger partial charge in [-0.2, -0.15) is 0 Å². The van der Waals surface area contributed by atoms with E-state index < -0.39 is 0 Å². The number of unbranched alkanes of at least 4 members (excludes halogenated alkanes) is 3. The second kappa shape index (κ2) is 18.5. The van der Waals surface area contributed by atoms with Gasteiger partial charge in [-0.05, 0) is 80.0 Å². The molecule has 0 aromatic carbocycles. The zero-order chi connectivity index (χ0) is 21.7. The summed E-state index contributed by atoms with van der Waals surface area (Å²) in [6.07, 6.45) is 20.4. The maximum absolute atomic E-state index is 4.22. The Labute approximate surface area is 184 Å². The number of hydrogen-bond donors (Lipinski definition) is 0. The molecule has 0 atom stereocenters. The third-order valence-electron chi connectivity index (χ3n) is 4.62. The first-order chi connectivity index (χ1) is 14.8. The highest BCUT2D eigenvalue weighted by Gasteiger charge is 1.90. The highest BCUT2D eigenvalue weighted by molar-refractivity contribution is 5.09. The molecule has 0 bridgehead atoms. The average Bonchev–Trinajstić information content (AvgIpc) is 2.83. The summed E-state index contributed by atoms with van der Waals surface area (Å²) >= 11 is 0. The molecule has 3 heterocycles. The fourth-order valence-electron chi connectivity index (χ4n) is 2.76. The molecular formula is C27H39N3. The van der Waals surface area contributed by atoms with Crippen molar-refractivity contribution in [1.29, 1.82) is 0 Å². The summed E-state index contributed by atoms with van der Waals surface area (Å²) in [7, 11) is 0. The molecule has 0 fully saturated rings. The van der Waals surface area contributed by atoms with E-state index in [9.17, 15) is 0 Å². The second-order valence-corrected chi connectivity index (χ2v) is 7.35. The van der Waals surface area contributed by atoms with Crippen molar-refractivity contribution >= 4 is 0 Å². The molecule has 0 saturated carbocycles. The Bertz CT molecular complexity index is 611. The minimum atomic E-state index is 1.12. The van der Waals surface area contributed by atoms with Gasteiger partial charge in [0.05, 0.1) is 0 Å².